The number of carbonyl (C=O) groups excluding carboxylic acids is 1. The van der Waals surface area contributed by atoms with Gasteiger partial charge in [0.15, 0.2) is 0 Å². The van der Waals surface area contributed by atoms with Gasteiger partial charge in [0, 0.05) is 32.1 Å². The van der Waals surface area contributed by atoms with E-state index in [1.165, 1.54) is 4.31 Å². The van der Waals surface area contributed by atoms with Gasteiger partial charge in [-0.25, -0.2) is 12.7 Å². The molecule has 0 bridgehead atoms. The van der Waals surface area contributed by atoms with Crippen LogP contribution in [0.1, 0.15) is 18.4 Å². The smallest absolute Gasteiger partial charge is 0.225 e. The van der Waals surface area contributed by atoms with Crippen molar-refractivity contribution < 1.29 is 17.9 Å². The van der Waals surface area contributed by atoms with E-state index in [0.29, 0.717) is 52.2 Å². The van der Waals surface area contributed by atoms with Gasteiger partial charge >= 0.3 is 0 Å². The number of morpholine rings is 1. The Morgan fingerprint density at radius 2 is 1.67 bits per heavy atom. The average Bonchev–Trinajstić information content (AvgIpc) is 2.62. The van der Waals surface area contributed by atoms with Crippen molar-refractivity contribution in [3.05, 3.63) is 35.9 Å². The second-order valence-corrected chi connectivity index (χ2v) is 8.32. The number of nitrogens with zero attached hydrogens (tertiary/aromatic N) is 2. The first kappa shape index (κ1) is 17.4. The highest BCUT2D eigenvalue weighted by molar-refractivity contribution is 7.88. The predicted molar refractivity (Wildman–Crippen MR) is 90.8 cm³/mol. The Hall–Kier alpha value is -1.44. The Kier molecular flexibility index (Phi) is 5.53. The van der Waals surface area contributed by atoms with Crippen molar-refractivity contribution in [2.75, 3.05) is 39.4 Å². The molecular formula is C17H24N2O4S. The van der Waals surface area contributed by atoms with Crippen molar-refractivity contribution in [1.29, 1.82) is 0 Å². The molecule has 1 aromatic carbocycles. The van der Waals surface area contributed by atoms with Gasteiger partial charge in [-0.1, -0.05) is 30.3 Å². The van der Waals surface area contributed by atoms with Crippen LogP contribution >= 0.6 is 0 Å². The van der Waals surface area contributed by atoms with Crippen LogP contribution in [0.15, 0.2) is 30.3 Å². The fourth-order valence-electron chi connectivity index (χ4n) is 3.30. The molecule has 2 saturated heterocycles. The minimum Gasteiger partial charge on any atom is -0.378 e. The topological polar surface area (TPSA) is 66.9 Å². The van der Waals surface area contributed by atoms with Crippen LogP contribution in [0.4, 0.5) is 0 Å². The molecule has 1 amide bonds. The lowest BCUT2D eigenvalue weighted by atomic mass is 9.96. The lowest BCUT2D eigenvalue weighted by Crippen LogP contribution is -2.47. The van der Waals surface area contributed by atoms with Crippen molar-refractivity contribution in [3.63, 3.8) is 0 Å². The summed E-state index contributed by atoms with van der Waals surface area (Å²) in [6.45, 7) is 3.33. The van der Waals surface area contributed by atoms with Gasteiger partial charge in [-0.3, -0.25) is 4.79 Å². The molecule has 7 heteroatoms. The van der Waals surface area contributed by atoms with Crippen LogP contribution in [0.25, 0.3) is 0 Å². The van der Waals surface area contributed by atoms with E-state index in [4.69, 9.17) is 4.74 Å². The molecule has 1 aromatic rings. The summed E-state index contributed by atoms with van der Waals surface area (Å²) >= 11 is 0. The van der Waals surface area contributed by atoms with Crippen LogP contribution in [0.3, 0.4) is 0 Å². The third kappa shape index (κ3) is 4.15. The number of benzene rings is 1. The highest BCUT2D eigenvalue weighted by atomic mass is 32.2. The fourth-order valence-corrected chi connectivity index (χ4v) is 4.86. The third-order valence-electron chi connectivity index (χ3n) is 4.71. The van der Waals surface area contributed by atoms with E-state index in [2.05, 4.69) is 0 Å². The van der Waals surface area contributed by atoms with Crippen molar-refractivity contribution in [2.24, 2.45) is 5.92 Å². The molecule has 0 unspecified atom stereocenters. The molecular weight excluding hydrogens is 328 g/mol. The number of rotatable bonds is 4. The molecule has 3 rings (SSSR count). The molecule has 6 nitrogen and oxygen atoms in total. The van der Waals surface area contributed by atoms with Crippen LogP contribution < -0.4 is 0 Å². The number of piperidine rings is 1. The Balaban J connectivity index is 1.55. The van der Waals surface area contributed by atoms with Gasteiger partial charge in [-0.2, -0.15) is 0 Å². The molecule has 2 aliphatic heterocycles. The fraction of sp³-hybridized carbons (Fsp3) is 0.588. The first-order chi connectivity index (χ1) is 11.6. The van der Waals surface area contributed by atoms with Gasteiger partial charge in [-0.15, -0.1) is 0 Å². The van der Waals surface area contributed by atoms with E-state index in [1.54, 1.807) is 0 Å². The van der Waals surface area contributed by atoms with Gasteiger partial charge in [0.2, 0.25) is 15.9 Å². The number of amides is 1. The standard InChI is InChI=1S/C17H24N2O4S/c20-17(18-10-12-23-13-11-18)16-6-8-19(9-7-16)24(21,22)14-15-4-2-1-3-5-15/h1-5,16H,6-14H2. The first-order valence-electron chi connectivity index (χ1n) is 8.44. The van der Waals surface area contributed by atoms with E-state index in [0.717, 1.165) is 5.56 Å². The molecule has 0 aromatic heterocycles. The summed E-state index contributed by atoms with van der Waals surface area (Å²) in [4.78, 5) is 14.4. The maximum absolute atomic E-state index is 12.5. The van der Waals surface area contributed by atoms with Gasteiger partial charge in [0.05, 0.1) is 19.0 Å². The normalized spacial score (nSPS) is 20.9. The molecule has 0 atom stereocenters. The minimum atomic E-state index is -3.32. The second kappa shape index (κ2) is 7.63. The Labute approximate surface area is 143 Å². The van der Waals surface area contributed by atoms with Gasteiger partial charge in [0.25, 0.3) is 0 Å². The quantitative estimate of drug-likeness (QED) is 0.813. The number of hydrogen-bond acceptors (Lipinski definition) is 4. The largest absolute Gasteiger partial charge is 0.378 e. The van der Waals surface area contributed by atoms with Crippen LogP contribution in [-0.4, -0.2) is 62.9 Å². The predicted octanol–water partition coefficient (Wildman–Crippen LogP) is 1.09. The monoisotopic (exact) mass is 352 g/mol. The molecule has 2 fully saturated rings. The van der Waals surface area contributed by atoms with Crippen molar-refractivity contribution in [2.45, 2.75) is 18.6 Å². The SMILES string of the molecule is O=C(C1CCN(S(=O)(=O)Cc2ccccc2)CC1)N1CCOCC1. The summed E-state index contributed by atoms with van der Waals surface area (Å²) in [6, 6.07) is 9.22. The van der Waals surface area contributed by atoms with Gasteiger partial charge in [-0.05, 0) is 18.4 Å². The number of hydrogen-bond donors (Lipinski definition) is 0. The van der Waals surface area contributed by atoms with Gasteiger partial charge < -0.3 is 9.64 Å². The zero-order chi connectivity index (χ0) is 17.0. The van der Waals surface area contributed by atoms with E-state index in [-0.39, 0.29) is 17.6 Å². The number of sulfonamides is 1. The summed E-state index contributed by atoms with van der Waals surface area (Å²) in [5.41, 5.74) is 0.795. The molecule has 2 aliphatic rings. The van der Waals surface area contributed by atoms with Crippen molar-refractivity contribution >= 4 is 15.9 Å². The van der Waals surface area contributed by atoms with Crippen LogP contribution in [0.2, 0.25) is 0 Å². The minimum absolute atomic E-state index is 0.0237. The van der Waals surface area contributed by atoms with E-state index >= 15 is 0 Å². The zero-order valence-corrected chi connectivity index (χ0v) is 14.6. The van der Waals surface area contributed by atoms with Crippen LogP contribution in [-0.2, 0) is 25.3 Å². The maximum Gasteiger partial charge on any atom is 0.225 e. The Bertz CT molecular complexity index is 648. The molecule has 0 aliphatic carbocycles. The summed E-state index contributed by atoms with van der Waals surface area (Å²) in [5.74, 6) is 0.111. The van der Waals surface area contributed by atoms with Crippen molar-refractivity contribution in [3.8, 4) is 0 Å². The van der Waals surface area contributed by atoms with Gasteiger partial charge in [0.1, 0.15) is 0 Å². The van der Waals surface area contributed by atoms with Crippen LogP contribution in [0.5, 0.6) is 0 Å². The molecule has 2 heterocycles. The molecule has 0 saturated carbocycles. The Morgan fingerprint density at radius 3 is 2.29 bits per heavy atom. The Morgan fingerprint density at radius 1 is 1.04 bits per heavy atom. The summed E-state index contributed by atoms with van der Waals surface area (Å²) < 4.78 is 31.9. The third-order valence-corrected chi connectivity index (χ3v) is 6.56. The van der Waals surface area contributed by atoms with Crippen LogP contribution in [0, 0.1) is 5.92 Å². The second-order valence-electron chi connectivity index (χ2n) is 6.35. The molecule has 0 N–H and O–H groups in total. The molecule has 0 radical (unpaired) electrons. The van der Waals surface area contributed by atoms with Crippen molar-refractivity contribution in [1.82, 2.24) is 9.21 Å². The van der Waals surface area contributed by atoms with E-state index in [1.807, 2.05) is 35.2 Å². The lowest BCUT2D eigenvalue weighted by molar-refractivity contribution is -0.140. The maximum atomic E-state index is 12.5. The number of ether oxygens (including phenoxy) is 1. The highest BCUT2D eigenvalue weighted by Crippen LogP contribution is 2.23. The summed E-state index contributed by atoms with van der Waals surface area (Å²) in [6.07, 6.45) is 1.20. The molecule has 132 valence electrons. The zero-order valence-electron chi connectivity index (χ0n) is 13.8. The number of carbonyl (C=O) groups is 1. The average molecular weight is 352 g/mol. The summed E-state index contributed by atoms with van der Waals surface area (Å²) in [5, 5.41) is 0. The first-order valence-corrected chi connectivity index (χ1v) is 10.1. The van der Waals surface area contributed by atoms with E-state index in [9.17, 15) is 13.2 Å². The van der Waals surface area contributed by atoms with E-state index < -0.39 is 10.0 Å². The lowest BCUT2D eigenvalue weighted by Gasteiger charge is -2.35. The molecule has 0 spiro atoms. The highest BCUT2D eigenvalue weighted by Gasteiger charge is 2.33. The molecule has 24 heavy (non-hydrogen) atoms. The summed E-state index contributed by atoms with van der Waals surface area (Å²) in [7, 11) is -3.32.